The van der Waals surface area contributed by atoms with Gasteiger partial charge in [-0.1, -0.05) is 91.4 Å². The second kappa shape index (κ2) is 10.9. The molecule has 4 aromatic rings. The van der Waals surface area contributed by atoms with Gasteiger partial charge in [0.05, 0.1) is 0 Å². The molecule has 0 amide bonds. The van der Waals surface area contributed by atoms with Gasteiger partial charge in [0.15, 0.2) is 0 Å². The monoisotopic (exact) mass is 564 g/mol. The van der Waals surface area contributed by atoms with Gasteiger partial charge in [0.1, 0.15) is 21.3 Å². The van der Waals surface area contributed by atoms with Gasteiger partial charge in [-0.15, -0.1) is 22.7 Å². The Kier molecular flexibility index (Phi) is 7.13. The highest BCUT2D eigenvalue weighted by molar-refractivity contribution is 7.12. The van der Waals surface area contributed by atoms with Crippen LogP contribution in [0.2, 0.25) is 0 Å². The molecule has 0 fully saturated rings. The van der Waals surface area contributed by atoms with E-state index in [2.05, 4.69) is 50.3 Å². The van der Waals surface area contributed by atoms with Crippen molar-refractivity contribution in [3.05, 3.63) is 146 Å². The predicted molar refractivity (Wildman–Crippen MR) is 160 cm³/mol. The summed E-state index contributed by atoms with van der Waals surface area (Å²) in [6.45, 7) is 4.27. The summed E-state index contributed by atoms with van der Waals surface area (Å²) >= 11 is 2.71. The summed E-state index contributed by atoms with van der Waals surface area (Å²) in [6.07, 6.45) is 6.24. The third kappa shape index (κ3) is 4.89. The molecule has 0 aliphatic heterocycles. The average Bonchev–Trinajstić information content (AvgIpc) is 3.71. The van der Waals surface area contributed by atoms with Gasteiger partial charge in [-0.3, -0.25) is 0 Å². The standard InChI is InChI=1S/C34H28O4S2/c1-22(19-23-11-5-3-6-12-23)30-26(37-32(35)28-15-9-17-39-28)20-25-27(38-33(36)29-16-10-18-40-29)21-34(30,2)31(25)24-13-7-4-8-14-24/h3-21,25,30-31H,1-2H3/b22-19+/t25-,30-,31+,34-/m1/s1. The fraction of sp³-hybridized carbons (Fsp3) is 0.176. The van der Waals surface area contributed by atoms with Crippen LogP contribution in [0.3, 0.4) is 0 Å². The Morgan fingerprint density at radius 3 is 1.93 bits per heavy atom. The third-order valence-corrected chi connectivity index (χ3v) is 9.43. The van der Waals surface area contributed by atoms with E-state index in [1.807, 2.05) is 65.4 Å². The summed E-state index contributed by atoms with van der Waals surface area (Å²) in [4.78, 5) is 27.4. The Bertz CT molecular complexity index is 1600. The number of hydrogen-bond donors (Lipinski definition) is 0. The van der Waals surface area contributed by atoms with Crippen LogP contribution < -0.4 is 0 Å². The zero-order valence-electron chi connectivity index (χ0n) is 22.2. The molecule has 4 atom stereocenters. The number of thiophene rings is 2. The Morgan fingerprint density at radius 1 is 0.775 bits per heavy atom. The van der Waals surface area contributed by atoms with Crippen molar-refractivity contribution in [3.63, 3.8) is 0 Å². The number of rotatable bonds is 7. The van der Waals surface area contributed by atoms with E-state index >= 15 is 0 Å². The van der Waals surface area contributed by atoms with Crippen LogP contribution in [0.25, 0.3) is 6.08 Å². The van der Waals surface area contributed by atoms with Crippen molar-refractivity contribution in [2.75, 3.05) is 0 Å². The van der Waals surface area contributed by atoms with Gasteiger partial charge in [-0.25, -0.2) is 9.59 Å². The van der Waals surface area contributed by atoms with Crippen molar-refractivity contribution >= 4 is 40.7 Å². The summed E-state index contributed by atoms with van der Waals surface area (Å²) in [5, 5.41) is 3.73. The number of carbonyl (C=O) groups excluding carboxylic acids is 2. The topological polar surface area (TPSA) is 52.6 Å². The first-order chi connectivity index (χ1) is 19.4. The maximum Gasteiger partial charge on any atom is 0.353 e. The van der Waals surface area contributed by atoms with E-state index in [0.717, 1.165) is 16.7 Å². The average molecular weight is 565 g/mol. The Balaban J connectivity index is 1.48. The molecule has 0 N–H and O–H groups in total. The fourth-order valence-corrected chi connectivity index (χ4v) is 7.39. The fourth-order valence-electron chi connectivity index (χ4n) is 6.20. The van der Waals surface area contributed by atoms with Crippen molar-refractivity contribution in [1.29, 1.82) is 0 Å². The Morgan fingerprint density at radius 2 is 1.35 bits per heavy atom. The van der Waals surface area contributed by atoms with Gasteiger partial charge < -0.3 is 9.47 Å². The highest BCUT2D eigenvalue weighted by atomic mass is 32.1. The quantitative estimate of drug-likeness (QED) is 0.211. The zero-order valence-corrected chi connectivity index (χ0v) is 23.8. The molecule has 2 aliphatic rings. The van der Waals surface area contributed by atoms with E-state index in [9.17, 15) is 9.59 Å². The minimum absolute atomic E-state index is 0.0202. The molecule has 40 heavy (non-hydrogen) atoms. The Hall–Kier alpha value is -4.00. The number of carbonyl (C=O) groups is 2. The Labute approximate surface area is 241 Å². The minimum Gasteiger partial charge on any atom is -0.427 e. The van der Waals surface area contributed by atoms with Gasteiger partial charge in [-0.05, 0) is 53.1 Å². The molecule has 2 bridgehead atoms. The SMILES string of the molecule is C/C(=C\c1ccccc1)[C@@H]1C(OC(=O)c2cccs2)=C[C@@H]2C(OC(=O)c3cccs3)=C[C@@]1(C)[C@H]2c1ccccc1. The van der Waals surface area contributed by atoms with Crippen LogP contribution in [-0.2, 0) is 9.47 Å². The van der Waals surface area contributed by atoms with Crippen molar-refractivity contribution in [2.45, 2.75) is 19.8 Å². The molecule has 2 heterocycles. The van der Waals surface area contributed by atoms with Crippen molar-refractivity contribution in [3.8, 4) is 0 Å². The molecule has 6 rings (SSSR count). The van der Waals surface area contributed by atoms with E-state index in [4.69, 9.17) is 9.47 Å². The summed E-state index contributed by atoms with van der Waals surface area (Å²) in [5.74, 6) is -0.136. The van der Waals surface area contributed by atoms with Crippen molar-refractivity contribution in [1.82, 2.24) is 0 Å². The molecule has 0 spiro atoms. The van der Waals surface area contributed by atoms with E-state index in [0.29, 0.717) is 21.3 Å². The van der Waals surface area contributed by atoms with E-state index in [-0.39, 0.29) is 29.7 Å². The third-order valence-electron chi connectivity index (χ3n) is 7.74. The number of esters is 2. The number of allylic oxidation sites excluding steroid dienone is 3. The lowest BCUT2D eigenvalue weighted by molar-refractivity contribution is 0.0512. The lowest BCUT2D eigenvalue weighted by atomic mass is 9.59. The largest absolute Gasteiger partial charge is 0.427 e. The van der Waals surface area contributed by atoms with Gasteiger partial charge in [0.25, 0.3) is 0 Å². The van der Waals surface area contributed by atoms with Crippen LogP contribution in [0.4, 0.5) is 0 Å². The number of ether oxygens (including phenoxy) is 2. The summed E-state index contributed by atoms with van der Waals surface area (Å²) < 4.78 is 12.3. The first kappa shape index (κ1) is 26.2. The normalized spacial score (nSPS) is 23.8. The smallest absolute Gasteiger partial charge is 0.353 e. The molecule has 4 nitrogen and oxygen atoms in total. The van der Waals surface area contributed by atoms with Gasteiger partial charge in [-0.2, -0.15) is 0 Å². The molecule has 2 aliphatic carbocycles. The molecule has 0 radical (unpaired) electrons. The van der Waals surface area contributed by atoms with Gasteiger partial charge in [0, 0.05) is 23.2 Å². The molecule has 0 saturated carbocycles. The first-order valence-electron chi connectivity index (χ1n) is 13.2. The van der Waals surface area contributed by atoms with Crippen LogP contribution in [0.1, 0.15) is 50.2 Å². The molecule has 0 saturated heterocycles. The first-order valence-corrected chi connectivity index (χ1v) is 14.9. The van der Waals surface area contributed by atoms with Crippen LogP contribution in [0.5, 0.6) is 0 Å². The second-order valence-corrected chi connectivity index (χ2v) is 12.3. The van der Waals surface area contributed by atoms with Crippen LogP contribution in [0.15, 0.2) is 125 Å². The van der Waals surface area contributed by atoms with E-state index < -0.39 is 5.41 Å². The van der Waals surface area contributed by atoms with Gasteiger partial charge >= 0.3 is 11.9 Å². The van der Waals surface area contributed by atoms with Gasteiger partial charge in [0.2, 0.25) is 0 Å². The lowest BCUT2D eigenvalue weighted by Crippen LogP contribution is -2.38. The van der Waals surface area contributed by atoms with Crippen LogP contribution in [0, 0.1) is 17.3 Å². The van der Waals surface area contributed by atoms with E-state index in [1.54, 1.807) is 12.1 Å². The molecule has 2 aromatic carbocycles. The number of benzene rings is 2. The van der Waals surface area contributed by atoms with Crippen LogP contribution in [-0.4, -0.2) is 11.9 Å². The van der Waals surface area contributed by atoms with Crippen molar-refractivity contribution in [2.24, 2.45) is 17.3 Å². The predicted octanol–water partition coefficient (Wildman–Crippen LogP) is 8.74. The summed E-state index contributed by atoms with van der Waals surface area (Å²) in [5.41, 5.74) is 2.73. The number of hydrogen-bond acceptors (Lipinski definition) is 6. The lowest BCUT2D eigenvalue weighted by Gasteiger charge is -2.44. The molecular formula is C34H28O4S2. The highest BCUT2D eigenvalue weighted by Gasteiger charge is 2.56. The maximum atomic E-state index is 13.2. The van der Waals surface area contributed by atoms with Crippen LogP contribution >= 0.6 is 22.7 Å². The summed E-state index contributed by atoms with van der Waals surface area (Å²) in [6, 6.07) is 27.7. The summed E-state index contributed by atoms with van der Waals surface area (Å²) in [7, 11) is 0. The maximum absolute atomic E-state index is 13.2. The molecule has 0 unspecified atom stereocenters. The van der Waals surface area contributed by atoms with Crippen molar-refractivity contribution < 1.29 is 19.1 Å². The molecule has 2 aromatic heterocycles. The second-order valence-electron chi connectivity index (χ2n) is 10.4. The molecule has 200 valence electrons. The highest BCUT2D eigenvalue weighted by Crippen LogP contribution is 2.62. The van der Waals surface area contributed by atoms with E-state index in [1.165, 1.54) is 22.7 Å². The minimum atomic E-state index is -0.535. The number of fused-ring (bicyclic) bond motifs is 2. The zero-order chi connectivity index (χ0) is 27.7. The molecule has 6 heteroatoms. The molecular weight excluding hydrogens is 537 g/mol.